The molecule has 3 rings (SSSR count). The number of thiol groups is 1. The Bertz CT molecular complexity index is 570. The predicted octanol–water partition coefficient (Wildman–Crippen LogP) is 3.79. The number of aromatic nitrogens is 2. The number of aromatic amines is 1. The quantitative estimate of drug-likeness (QED) is 0.771. The highest BCUT2D eigenvalue weighted by molar-refractivity contribution is 8.22. The van der Waals surface area contributed by atoms with Gasteiger partial charge in [-0.2, -0.15) is 16.0 Å². The van der Waals surface area contributed by atoms with E-state index in [1.807, 2.05) is 6.07 Å². The highest BCUT2D eigenvalue weighted by Crippen LogP contribution is 2.47. The van der Waals surface area contributed by atoms with Crippen molar-refractivity contribution in [3.63, 3.8) is 0 Å². The van der Waals surface area contributed by atoms with Gasteiger partial charge in [-0.05, 0) is 17.7 Å². The summed E-state index contributed by atoms with van der Waals surface area (Å²) in [5, 5.41) is 12.1. The molecule has 0 atom stereocenters. The molecule has 2 aromatic rings. The Labute approximate surface area is 103 Å². The molecule has 0 amide bonds. The molecule has 0 spiro atoms. The molecular weight excluding hydrogens is 228 g/mol. The van der Waals surface area contributed by atoms with Crippen molar-refractivity contribution in [3.8, 4) is 11.3 Å². The van der Waals surface area contributed by atoms with Crippen LogP contribution in [0.25, 0.3) is 11.3 Å². The van der Waals surface area contributed by atoms with Crippen LogP contribution < -0.4 is 0 Å². The minimum absolute atomic E-state index is 0.323. The number of H-pyrrole nitrogens is 1. The fraction of sp³-hybridized carbons (Fsp3) is 0.0714. The molecule has 2 nitrogen and oxygen atoms in total. The number of hydrogen-bond acceptors (Lipinski definition) is 1. The molecule has 0 saturated heterocycles. The van der Waals surface area contributed by atoms with Gasteiger partial charge in [0.05, 0.1) is 11.4 Å². The van der Waals surface area contributed by atoms with Gasteiger partial charge >= 0.3 is 0 Å². The van der Waals surface area contributed by atoms with E-state index in [9.17, 15) is 0 Å². The fourth-order valence-corrected chi connectivity index (χ4v) is 3.86. The fourth-order valence-electron chi connectivity index (χ4n) is 2.03. The van der Waals surface area contributed by atoms with Crippen molar-refractivity contribution in [1.82, 2.24) is 10.2 Å². The third-order valence-electron chi connectivity index (χ3n) is 2.84. The molecule has 3 heteroatoms. The van der Waals surface area contributed by atoms with Crippen molar-refractivity contribution in [2.45, 2.75) is 11.8 Å². The van der Waals surface area contributed by atoms with Crippen LogP contribution in [0.15, 0.2) is 58.2 Å². The molecule has 1 N–H and O–H groups in total. The van der Waals surface area contributed by atoms with E-state index in [0.29, 0.717) is 0 Å². The SMILES string of the molecule is Cc1n[nH]c(-c2ccccc2)c1[SH]1C=CC=C1. The summed E-state index contributed by atoms with van der Waals surface area (Å²) in [5.41, 5.74) is 3.47. The summed E-state index contributed by atoms with van der Waals surface area (Å²) in [5.74, 6) is 0. The number of hydrogen-bond donors (Lipinski definition) is 2. The van der Waals surface area contributed by atoms with E-state index in [2.05, 4.69) is 64.4 Å². The van der Waals surface area contributed by atoms with Gasteiger partial charge in [-0.3, -0.25) is 5.10 Å². The standard InChI is InChI=1S/C14H14N2S/c1-11-14(17-9-5-6-10-17)13(16-15-11)12-7-3-2-4-8-12/h2-10,17H,1H3,(H,15,16). The molecule has 0 bridgehead atoms. The third-order valence-corrected chi connectivity index (χ3v) is 4.89. The first kappa shape index (κ1) is 10.4. The first-order valence-electron chi connectivity index (χ1n) is 5.60. The van der Waals surface area contributed by atoms with Gasteiger partial charge in [0, 0.05) is 10.5 Å². The van der Waals surface area contributed by atoms with E-state index in [0.717, 1.165) is 11.4 Å². The van der Waals surface area contributed by atoms with Crippen LogP contribution in [0.5, 0.6) is 0 Å². The van der Waals surface area contributed by atoms with Gasteiger partial charge in [0.25, 0.3) is 0 Å². The maximum absolute atomic E-state index is 4.36. The van der Waals surface area contributed by atoms with Crippen LogP contribution in [-0.4, -0.2) is 10.2 Å². The monoisotopic (exact) mass is 242 g/mol. The summed E-state index contributed by atoms with van der Waals surface area (Å²) in [6.07, 6.45) is 4.24. The first-order chi connectivity index (χ1) is 8.36. The van der Waals surface area contributed by atoms with E-state index in [4.69, 9.17) is 0 Å². The van der Waals surface area contributed by atoms with Crippen molar-refractivity contribution < 1.29 is 0 Å². The van der Waals surface area contributed by atoms with Gasteiger partial charge in [-0.25, -0.2) is 0 Å². The van der Waals surface area contributed by atoms with Crippen molar-refractivity contribution >= 4 is 10.9 Å². The van der Waals surface area contributed by atoms with E-state index < -0.39 is 0 Å². The molecule has 0 radical (unpaired) electrons. The zero-order valence-electron chi connectivity index (χ0n) is 9.59. The Morgan fingerprint density at radius 3 is 2.47 bits per heavy atom. The molecule has 0 saturated carbocycles. The van der Waals surface area contributed by atoms with Crippen LogP contribution in [0.1, 0.15) is 5.69 Å². The lowest BCUT2D eigenvalue weighted by atomic mass is 10.1. The van der Waals surface area contributed by atoms with Gasteiger partial charge in [0.1, 0.15) is 0 Å². The molecular formula is C14H14N2S. The summed E-state index contributed by atoms with van der Waals surface area (Å²) < 4.78 is 0. The molecule has 0 unspecified atom stereocenters. The van der Waals surface area contributed by atoms with Crippen molar-refractivity contribution in [3.05, 3.63) is 59.0 Å². The Morgan fingerprint density at radius 2 is 1.76 bits per heavy atom. The zero-order chi connectivity index (χ0) is 11.7. The molecule has 1 aromatic carbocycles. The molecule has 1 aliphatic rings. The van der Waals surface area contributed by atoms with Gasteiger partial charge < -0.3 is 0 Å². The lowest BCUT2D eigenvalue weighted by Crippen LogP contribution is -1.82. The van der Waals surface area contributed by atoms with Crippen LogP contribution in [0.4, 0.5) is 0 Å². The Hall–Kier alpha value is -1.74. The van der Waals surface area contributed by atoms with Crippen molar-refractivity contribution in [2.75, 3.05) is 0 Å². The second-order valence-corrected chi connectivity index (χ2v) is 5.85. The second kappa shape index (κ2) is 4.26. The Balaban J connectivity index is 2.12. The Morgan fingerprint density at radius 1 is 1.06 bits per heavy atom. The average Bonchev–Trinajstić information content (AvgIpc) is 2.99. The zero-order valence-corrected chi connectivity index (χ0v) is 10.5. The number of aryl methyl sites for hydroxylation is 1. The number of nitrogens with zero attached hydrogens (tertiary/aromatic N) is 1. The summed E-state index contributed by atoms with van der Waals surface area (Å²) in [6.45, 7) is 2.07. The second-order valence-electron chi connectivity index (χ2n) is 3.99. The Kier molecular flexibility index (Phi) is 2.61. The van der Waals surface area contributed by atoms with Gasteiger partial charge in [-0.1, -0.05) is 42.5 Å². The summed E-state index contributed by atoms with van der Waals surface area (Å²) >= 11 is 0. The van der Waals surface area contributed by atoms with Gasteiger partial charge in [0.2, 0.25) is 0 Å². The van der Waals surface area contributed by atoms with Gasteiger partial charge in [0.15, 0.2) is 0 Å². The summed E-state index contributed by atoms with van der Waals surface area (Å²) in [6, 6.07) is 10.4. The highest BCUT2D eigenvalue weighted by Gasteiger charge is 2.16. The molecule has 86 valence electrons. The number of allylic oxidation sites excluding steroid dienone is 2. The van der Waals surface area contributed by atoms with E-state index in [1.54, 1.807) is 0 Å². The third kappa shape index (κ3) is 1.83. The maximum atomic E-state index is 4.36. The largest absolute Gasteiger partial charge is 0.276 e. The molecule has 1 aromatic heterocycles. The van der Waals surface area contributed by atoms with Crippen molar-refractivity contribution in [2.24, 2.45) is 0 Å². The van der Waals surface area contributed by atoms with Crippen LogP contribution in [-0.2, 0) is 0 Å². The number of rotatable bonds is 2. The smallest absolute Gasteiger partial charge is 0.0777 e. The number of nitrogens with one attached hydrogen (secondary N) is 1. The molecule has 17 heavy (non-hydrogen) atoms. The van der Waals surface area contributed by atoms with Crippen LogP contribution in [0.2, 0.25) is 0 Å². The van der Waals surface area contributed by atoms with Crippen LogP contribution >= 0.6 is 10.9 Å². The molecule has 0 aliphatic carbocycles. The predicted molar refractivity (Wildman–Crippen MR) is 74.3 cm³/mol. The van der Waals surface area contributed by atoms with Gasteiger partial charge in [-0.15, -0.1) is 0 Å². The first-order valence-corrected chi connectivity index (χ1v) is 7.08. The lowest BCUT2D eigenvalue weighted by molar-refractivity contribution is 1.05. The topological polar surface area (TPSA) is 28.7 Å². The highest BCUT2D eigenvalue weighted by atomic mass is 32.2. The number of benzene rings is 1. The lowest BCUT2D eigenvalue weighted by Gasteiger charge is -2.12. The minimum Gasteiger partial charge on any atom is -0.276 e. The van der Waals surface area contributed by atoms with Crippen LogP contribution in [0, 0.1) is 6.92 Å². The molecule has 1 aliphatic heterocycles. The average molecular weight is 242 g/mol. The summed E-state index contributed by atoms with van der Waals surface area (Å²) in [7, 11) is -0.323. The van der Waals surface area contributed by atoms with Crippen LogP contribution in [0.3, 0.4) is 0 Å². The minimum atomic E-state index is -0.323. The van der Waals surface area contributed by atoms with E-state index in [-0.39, 0.29) is 10.9 Å². The van der Waals surface area contributed by atoms with E-state index in [1.165, 1.54) is 10.5 Å². The molecule has 0 fully saturated rings. The van der Waals surface area contributed by atoms with E-state index >= 15 is 0 Å². The maximum Gasteiger partial charge on any atom is 0.0777 e. The van der Waals surface area contributed by atoms with Crippen molar-refractivity contribution in [1.29, 1.82) is 0 Å². The normalized spacial score (nSPS) is 15.7. The summed E-state index contributed by atoms with van der Waals surface area (Å²) in [4.78, 5) is 1.34. The molecule has 2 heterocycles.